The topological polar surface area (TPSA) is 81.7 Å². The van der Waals surface area contributed by atoms with Crippen molar-refractivity contribution in [1.82, 2.24) is 15.1 Å². The van der Waals surface area contributed by atoms with Gasteiger partial charge in [-0.2, -0.15) is 0 Å². The van der Waals surface area contributed by atoms with Crippen LogP contribution >= 0.6 is 7.14 Å². The summed E-state index contributed by atoms with van der Waals surface area (Å²) in [5, 5.41) is 7.96. The zero-order chi connectivity index (χ0) is 30.8. The Morgan fingerprint density at radius 2 is 1.73 bits per heavy atom. The highest BCUT2D eigenvalue weighted by Gasteiger charge is 2.28. The van der Waals surface area contributed by atoms with Gasteiger partial charge in [0.15, 0.2) is 0 Å². The third-order valence-electron chi connectivity index (χ3n) is 9.44. The largest absolute Gasteiger partial charge is 0.496 e. The van der Waals surface area contributed by atoms with Crippen LogP contribution in [0, 0.1) is 0 Å². The van der Waals surface area contributed by atoms with E-state index >= 15 is 0 Å². The maximum Gasteiger partial charge on any atom is 0.143 e. The van der Waals surface area contributed by atoms with Gasteiger partial charge in [-0.05, 0) is 63.0 Å². The quantitative estimate of drug-likeness (QED) is 0.423. The number of aliphatic imine (C=N–C) groups is 1. The van der Waals surface area contributed by atoms with E-state index in [4.69, 9.17) is 14.5 Å². The molecule has 1 unspecified atom stereocenters. The first-order valence-corrected chi connectivity index (χ1v) is 18.4. The maximum absolute atomic E-state index is 12.7. The van der Waals surface area contributed by atoms with Crippen LogP contribution in [0.1, 0.15) is 24.8 Å². The molecule has 0 saturated carbocycles. The molecule has 0 amide bonds. The van der Waals surface area contributed by atoms with Crippen LogP contribution in [0.25, 0.3) is 0 Å². The molecule has 0 spiro atoms. The van der Waals surface area contributed by atoms with E-state index in [0.29, 0.717) is 18.2 Å². The van der Waals surface area contributed by atoms with Gasteiger partial charge in [-0.25, -0.2) is 4.99 Å². The monoisotopic (exact) mass is 618 g/mol. The van der Waals surface area contributed by atoms with Crippen LogP contribution in [0.3, 0.4) is 0 Å². The van der Waals surface area contributed by atoms with Gasteiger partial charge in [0.25, 0.3) is 0 Å². The summed E-state index contributed by atoms with van der Waals surface area (Å²) in [7, 11) is 3.21. The first-order chi connectivity index (χ1) is 21.2. The number of piperazine rings is 1. The molecule has 0 aromatic heterocycles. The molecule has 3 aliphatic heterocycles. The number of methoxy groups -OCH3 is 2. The van der Waals surface area contributed by atoms with Crippen LogP contribution in [0.4, 0.5) is 11.4 Å². The van der Waals surface area contributed by atoms with E-state index in [0.717, 1.165) is 58.9 Å². The minimum Gasteiger partial charge on any atom is -0.496 e. The van der Waals surface area contributed by atoms with Crippen molar-refractivity contribution in [2.75, 3.05) is 84.1 Å². The molecule has 3 heterocycles. The lowest BCUT2D eigenvalue weighted by Gasteiger charge is -2.42. The number of likely N-dealkylation sites (N-methyl/N-ethyl adjacent to an activating group) is 1. The Kier molecular flexibility index (Phi) is 9.08. The number of anilines is 2. The summed E-state index contributed by atoms with van der Waals surface area (Å²) < 4.78 is 24.3. The Hall–Kier alpha value is -3.26. The fourth-order valence-corrected chi connectivity index (χ4v) is 7.61. The molecule has 2 aromatic carbocycles. The van der Waals surface area contributed by atoms with Crippen LogP contribution in [-0.2, 0) is 11.0 Å². The van der Waals surface area contributed by atoms with Crippen molar-refractivity contribution >= 4 is 29.7 Å². The maximum atomic E-state index is 12.7. The van der Waals surface area contributed by atoms with Gasteiger partial charge in [-0.3, -0.25) is 4.90 Å². The van der Waals surface area contributed by atoms with E-state index in [-0.39, 0.29) is 6.17 Å². The third kappa shape index (κ3) is 6.70. The van der Waals surface area contributed by atoms with Gasteiger partial charge < -0.3 is 34.5 Å². The molecular formula is C34H47N6O3P. The number of amidine groups is 1. The van der Waals surface area contributed by atoms with Crippen LogP contribution in [-0.4, -0.2) is 102 Å². The van der Waals surface area contributed by atoms with Gasteiger partial charge in [0.05, 0.1) is 19.9 Å². The molecule has 44 heavy (non-hydrogen) atoms. The van der Waals surface area contributed by atoms with E-state index in [1.807, 2.05) is 18.2 Å². The molecule has 6 rings (SSSR count). The lowest BCUT2D eigenvalue weighted by Crippen LogP contribution is -2.52. The summed E-state index contributed by atoms with van der Waals surface area (Å²) >= 11 is 0. The zero-order valence-electron chi connectivity index (χ0n) is 26.8. The third-order valence-corrected chi connectivity index (χ3v) is 11.0. The van der Waals surface area contributed by atoms with Gasteiger partial charge in [0.1, 0.15) is 30.6 Å². The summed E-state index contributed by atoms with van der Waals surface area (Å²) in [6.45, 7) is 10.4. The molecule has 2 fully saturated rings. The second-order valence-electron chi connectivity index (χ2n) is 12.8. The highest BCUT2D eigenvalue weighted by atomic mass is 31.2. The fraction of sp³-hybridized carbons (Fsp3) is 0.500. The molecule has 9 nitrogen and oxygen atoms in total. The number of nitrogens with zero attached hydrogens (tertiary/aromatic N) is 4. The van der Waals surface area contributed by atoms with Crippen LogP contribution in [0.2, 0.25) is 0 Å². The second-order valence-corrected chi connectivity index (χ2v) is 16.0. The van der Waals surface area contributed by atoms with Gasteiger partial charge in [0, 0.05) is 86.5 Å². The molecule has 2 N–H and O–H groups in total. The molecule has 1 atom stereocenters. The lowest BCUT2D eigenvalue weighted by molar-refractivity contribution is 0.0982. The first kappa shape index (κ1) is 30.8. The first-order valence-electron chi connectivity index (χ1n) is 15.8. The average molecular weight is 619 g/mol. The predicted octanol–water partition coefficient (Wildman–Crippen LogP) is 4.36. The standard InChI is InChI=1S/C34H47N6O3P/c1-38-17-19-40(20-18-38)25-13-15-39(16-14-25)26-10-9-24(31(22-26)42-2)21-33-35-29-8-6-7-28(29)34(37-33)36-30-12-11-27(44(4,5)41)23-32(30)43-3/h6-7,9-12,22-23,25,33,35H,8,13-21H2,1-5H3,(H,36,37). The van der Waals surface area contributed by atoms with Gasteiger partial charge in [0.2, 0.25) is 0 Å². The Balaban J connectivity index is 1.15. The van der Waals surface area contributed by atoms with Crippen molar-refractivity contribution in [3.63, 3.8) is 0 Å². The number of hydrogen-bond donors (Lipinski definition) is 2. The summed E-state index contributed by atoms with van der Waals surface area (Å²) in [5.74, 6) is 2.36. The zero-order valence-corrected chi connectivity index (χ0v) is 27.7. The SMILES string of the molecule is COc1cc(N2CCC(N3CCN(C)CC3)CC2)ccc1CC1N=C(Nc2ccc(P(C)(C)=O)cc2OC)C2=C(CC=C2)N1. The molecule has 2 saturated heterocycles. The Bertz CT molecular complexity index is 1500. The number of nitrogens with one attached hydrogen (secondary N) is 2. The van der Waals surface area contributed by atoms with Crippen molar-refractivity contribution in [2.45, 2.75) is 37.9 Å². The Labute approximate surface area is 262 Å². The summed E-state index contributed by atoms with van der Waals surface area (Å²) in [5.41, 5.74) is 5.38. The highest BCUT2D eigenvalue weighted by molar-refractivity contribution is 7.70. The number of allylic oxidation sites excluding steroid dienone is 1. The van der Waals surface area contributed by atoms with E-state index in [9.17, 15) is 4.57 Å². The second kappa shape index (κ2) is 13.0. The molecule has 1 aliphatic carbocycles. The van der Waals surface area contributed by atoms with Crippen molar-refractivity contribution in [1.29, 1.82) is 0 Å². The lowest BCUT2D eigenvalue weighted by atomic mass is 10.0. The van der Waals surface area contributed by atoms with E-state index < -0.39 is 7.14 Å². The van der Waals surface area contributed by atoms with Gasteiger partial charge in [-0.15, -0.1) is 0 Å². The molecule has 2 aromatic rings. The predicted molar refractivity (Wildman–Crippen MR) is 182 cm³/mol. The fourth-order valence-electron chi connectivity index (χ4n) is 6.75. The van der Waals surface area contributed by atoms with Crippen LogP contribution < -0.4 is 30.3 Å². The van der Waals surface area contributed by atoms with Gasteiger partial charge >= 0.3 is 0 Å². The van der Waals surface area contributed by atoms with Crippen molar-refractivity contribution in [3.05, 3.63) is 65.4 Å². The number of ether oxygens (including phenoxy) is 2. The Morgan fingerprint density at radius 3 is 2.43 bits per heavy atom. The minimum absolute atomic E-state index is 0.146. The Morgan fingerprint density at radius 1 is 0.977 bits per heavy atom. The van der Waals surface area contributed by atoms with Crippen LogP contribution in [0.15, 0.2) is 64.8 Å². The van der Waals surface area contributed by atoms with Gasteiger partial charge in [-0.1, -0.05) is 18.2 Å². The number of rotatable bonds is 8. The van der Waals surface area contributed by atoms with Crippen molar-refractivity contribution in [3.8, 4) is 11.5 Å². The van der Waals surface area contributed by atoms with E-state index in [2.05, 4.69) is 62.7 Å². The smallest absolute Gasteiger partial charge is 0.143 e. The number of piperidine rings is 1. The minimum atomic E-state index is -2.41. The highest BCUT2D eigenvalue weighted by Crippen LogP contribution is 2.38. The normalized spacial score (nSPS) is 21.6. The summed E-state index contributed by atoms with van der Waals surface area (Å²) in [4.78, 5) is 12.7. The van der Waals surface area contributed by atoms with E-state index in [1.54, 1.807) is 27.5 Å². The molecular weight excluding hydrogens is 571 g/mol. The summed E-state index contributed by atoms with van der Waals surface area (Å²) in [6.07, 6.45) is 8.08. The molecule has 10 heteroatoms. The van der Waals surface area contributed by atoms with Crippen LogP contribution in [0.5, 0.6) is 11.5 Å². The molecule has 0 bridgehead atoms. The molecule has 236 valence electrons. The number of hydrogen-bond acceptors (Lipinski definition) is 9. The van der Waals surface area contributed by atoms with E-state index in [1.165, 1.54) is 44.7 Å². The average Bonchev–Trinajstić information content (AvgIpc) is 3.50. The van der Waals surface area contributed by atoms with Crippen molar-refractivity contribution < 1.29 is 14.0 Å². The number of benzene rings is 2. The summed E-state index contributed by atoms with van der Waals surface area (Å²) in [6, 6.07) is 13.1. The van der Waals surface area contributed by atoms with Crippen molar-refractivity contribution in [2.24, 2.45) is 4.99 Å². The molecule has 0 radical (unpaired) electrons. The molecule has 4 aliphatic rings.